The van der Waals surface area contributed by atoms with Crippen LogP contribution in [0.3, 0.4) is 0 Å². The van der Waals surface area contributed by atoms with Crippen LogP contribution in [-0.4, -0.2) is 47.9 Å². The van der Waals surface area contributed by atoms with E-state index < -0.39 is 17.9 Å². The van der Waals surface area contributed by atoms with Crippen LogP contribution in [0, 0.1) is 0 Å². The number of rotatable bonds is 3. The first-order valence-corrected chi connectivity index (χ1v) is 8.22. The van der Waals surface area contributed by atoms with Gasteiger partial charge in [0.25, 0.3) is 0 Å². The van der Waals surface area contributed by atoms with Crippen molar-refractivity contribution in [2.45, 2.75) is 83.2 Å². The molecule has 0 bridgehead atoms. The van der Waals surface area contributed by atoms with Gasteiger partial charge in [-0.05, 0) is 33.6 Å². The molecule has 0 aromatic carbocycles. The van der Waals surface area contributed by atoms with E-state index in [1.54, 1.807) is 4.90 Å². The Labute approximate surface area is 127 Å². The maximum absolute atomic E-state index is 13.7. The molecule has 2 aliphatic rings. The number of nitrogens with zero attached hydrogens (tertiary/aromatic N) is 1. The van der Waals surface area contributed by atoms with E-state index in [-0.39, 0.29) is 12.6 Å². The molecule has 1 saturated heterocycles. The molecule has 122 valence electrons. The summed E-state index contributed by atoms with van der Waals surface area (Å²) in [5, 5.41) is 3.52. The number of hydrogen-bond acceptors (Lipinski definition) is 3. The largest absolute Gasteiger partial charge is 0.444 e. The van der Waals surface area contributed by atoms with E-state index in [0.717, 1.165) is 0 Å². The van der Waals surface area contributed by atoms with E-state index in [2.05, 4.69) is 5.32 Å². The van der Waals surface area contributed by atoms with E-state index in [1.807, 2.05) is 20.8 Å². The van der Waals surface area contributed by atoms with Crippen LogP contribution in [0.4, 0.5) is 9.18 Å². The summed E-state index contributed by atoms with van der Waals surface area (Å²) in [6.45, 7) is 6.34. The van der Waals surface area contributed by atoms with Crippen LogP contribution >= 0.6 is 0 Å². The first-order chi connectivity index (χ1) is 9.85. The summed E-state index contributed by atoms with van der Waals surface area (Å²) in [5.41, 5.74) is -0.535. The molecule has 1 N–H and O–H groups in total. The zero-order valence-electron chi connectivity index (χ0n) is 13.5. The van der Waals surface area contributed by atoms with Crippen molar-refractivity contribution < 1.29 is 13.9 Å². The fraction of sp³-hybridized carbons (Fsp3) is 0.938. The first-order valence-electron chi connectivity index (χ1n) is 8.22. The molecule has 1 aliphatic carbocycles. The smallest absolute Gasteiger partial charge is 0.410 e. The van der Waals surface area contributed by atoms with Crippen molar-refractivity contribution in [3.63, 3.8) is 0 Å². The molecule has 0 spiro atoms. The molecule has 21 heavy (non-hydrogen) atoms. The third-order valence-electron chi connectivity index (χ3n) is 4.24. The number of hydrogen-bond donors (Lipinski definition) is 1. The van der Waals surface area contributed by atoms with E-state index in [4.69, 9.17) is 4.74 Å². The topological polar surface area (TPSA) is 41.6 Å². The Hall–Kier alpha value is -0.840. The Morgan fingerprint density at radius 2 is 1.95 bits per heavy atom. The lowest BCUT2D eigenvalue weighted by Crippen LogP contribution is -2.46. The molecule has 0 radical (unpaired) electrons. The van der Waals surface area contributed by atoms with Gasteiger partial charge in [0.1, 0.15) is 11.8 Å². The average Bonchev–Trinajstić information content (AvgIpc) is 2.77. The van der Waals surface area contributed by atoms with Gasteiger partial charge in [0.15, 0.2) is 0 Å². The molecule has 0 aromatic rings. The van der Waals surface area contributed by atoms with Crippen LogP contribution in [0.1, 0.15) is 59.3 Å². The number of amides is 1. The number of carbonyl (C=O) groups excluding carboxylic acids is 1. The van der Waals surface area contributed by atoms with Gasteiger partial charge in [0, 0.05) is 19.0 Å². The van der Waals surface area contributed by atoms with Gasteiger partial charge in [-0.15, -0.1) is 0 Å². The summed E-state index contributed by atoms with van der Waals surface area (Å²) in [6.07, 6.45) is 5.33. The second-order valence-corrected chi connectivity index (χ2v) is 7.36. The van der Waals surface area contributed by atoms with Crippen molar-refractivity contribution in [3.05, 3.63) is 0 Å². The molecule has 5 heteroatoms. The number of nitrogens with one attached hydrogen (secondary N) is 1. The van der Waals surface area contributed by atoms with E-state index >= 15 is 0 Å². The fourth-order valence-corrected chi connectivity index (χ4v) is 3.21. The Balaban J connectivity index is 1.85. The van der Waals surface area contributed by atoms with Crippen LogP contribution < -0.4 is 5.32 Å². The highest BCUT2D eigenvalue weighted by atomic mass is 19.1. The molecule has 4 nitrogen and oxygen atoms in total. The summed E-state index contributed by atoms with van der Waals surface area (Å²) in [4.78, 5) is 13.7. The zero-order chi connectivity index (χ0) is 15.5. The molecule has 1 amide bonds. The molecule has 1 aliphatic heterocycles. The van der Waals surface area contributed by atoms with Crippen LogP contribution in [0.25, 0.3) is 0 Å². The SMILES string of the molecule is CC(C)(C)OC(=O)N1C[C@@H](F)C[C@H]1CNC1CCCCC1. The van der Waals surface area contributed by atoms with Gasteiger partial charge >= 0.3 is 6.09 Å². The van der Waals surface area contributed by atoms with Gasteiger partial charge in [-0.1, -0.05) is 19.3 Å². The minimum atomic E-state index is -0.935. The van der Waals surface area contributed by atoms with Crippen LogP contribution in [0.15, 0.2) is 0 Å². The number of carbonyl (C=O) groups is 1. The Bertz CT molecular complexity index is 351. The predicted molar refractivity (Wildman–Crippen MR) is 81.1 cm³/mol. The minimum absolute atomic E-state index is 0.0863. The summed E-state index contributed by atoms with van der Waals surface area (Å²) in [5.74, 6) is 0. The summed E-state index contributed by atoms with van der Waals surface area (Å²) in [7, 11) is 0. The molecule has 1 heterocycles. The highest BCUT2D eigenvalue weighted by Gasteiger charge is 2.37. The number of halogens is 1. The summed E-state index contributed by atoms with van der Waals surface area (Å²) >= 11 is 0. The van der Waals surface area contributed by atoms with Gasteiger partial charge in [-0.3, -0.25) is 0 Å². The molecule has 0 unspecified atom stereocenters. The third kappa shape index (κ3) is 5.13. The average molecular weight is 300 g/mol. The van der Waals surface area contributed by atoms with Crippen molar-refractivity contribution in [2.24, 2.45) is 0 Å². The maximum atomic E-state index is 13.7. The number of ether oxygens (including phenoxy) is 1. The van der Waals surface area contributed by atoms with Gasteiger partial charge in [-0.25, -0.2) is 9.18 Å². The van der Waals surface area contributed by atoms with Crippen LogP contribution in [-0.2, 0) is 4.74 Å². The van der Waals surface area contributed by atoms with Crippen molar-refractivity contribution in [1.82, 2.24) is 10.2 Å². The van der Waals surface area contributed by atoms with Crippen molar-refractivity contribution in [3.8, 4) is 0 Å². The monoisotopic (exact) mass is 300 g/mol. The lowest BCUT2D eigenvalue weighted by Gasteiger charge is -2.30. The Morgan fingerprint density at radius 3 is 2.57 bits per heavy atom. The zero-order valence-corrected chi connectivity index (χ0v) is 13.5. The van der Waals surface area contributed by atoms with Crippen molar-refractivity contribution in [1.29, 1.82) is 0 Å². The molecule has 2 rings (SSSR count). The quantitative estimate of drug-likeness (QED) is 0.870. The van der Waals surface area contributed by atoms with Gasteiger partial charge < -0.3 is 15.0 Å². The number of alkyl halides is 1. The summed E-state index contributed by atoms with van der Waals surface area (Å²) in [6, 6.07) is 0.440. The summed E-state index contributed by atoms with van der Waals surface area (Å²) < 4.78 is 19.1. The Morgan fingerprint density at radius 1 is 1.29 bits per heavy atom. The van der Waals surface area contributed by atoms with Crippen LogP contribution in [0.5, 0.6) is 0 Å². The minimum Gasteiger partial charge on any atom is -0.444 e. The fourth-order valence-electron chi connectivity index (χ4n) is 3.21. The van der Waals surface area contributed by atoms with Gasteiger partial charge in [-0.2, -0.15) is 0 Å². The Kier molecular flexibility index (Phi) is 5.47. The van der Waals surface area contributed by atoms with Gasteiger partial charge in [0.05, 0.1) is 12.6 Å². The second-order valence-electron chi connectivity index (χ2n) is 7.36. The molecular formula is C16H29FN2O2. The van der Waals surface area contributed by atoms with Gasteiger partial charge in [0.2, 0.25) is 0 Å². The predicted octanol–water partition coefficient (Wildman–Crippen LogP) is 3.26. The van der Waals surface area contributed by atoms with Crippen molar-refractivity contribution in [2.75, 3.05) is 13.1 Å². The third-order valence-corrected chi connectivity index (χ3v) is 4.24. The highest BCUT2D eigenvalue weighted by Crippen LogP contribution is 2.24. The van der Waals surface area contributed by atoms with Crippen LogP contribution in [0.2, 0.25) is 0 Å². The standard InChI is InChI=1S/C16H29FN2O2/c1-16(2,3)21-15(20)19-11-12(17)9-14(19)10-18-13-7-5-4-6-8-13/h12-14,18H,4-11H2,1-3H3/t12-,14-/m0/s1. The normalized spacial score (nSPS) is 27.9. The first kappa shape index (κ1) is 16.5. The number of likely N-dealkylation sites (tertiary alicyclic amines) is 1. The lowest BCUT2D eigenvalue weighted by molar-refractivity contribution is 0.0216. The maximum Gasteiger partial charge on any atom is 0.410 e. The molecule has 0 aromatic heterocycles. The molecular weight excluding hydrogens is 271 g/mol. The van der Waals surface area contributed by atoms with E-state index in [9.17, 15) is 9.18 Å². The lowest BCUT2D eigenvalue weighted by atomic mass is 9.95. The van der Waals surface area contributed by atoms with Crippen molar-refractivity contribution >= 4 is 6.09 Å². The highest BCUT2D eigenvalue weighted by molar-refractivity contribution is 5.69. The molecule has 2 atom stereocenters. The molecule has 2 fully saturated rings. The second kappa shape index (κ2) is 6.95. The van der Waals surface area contributed by atoms with E-state index in [0.29, 0.717) is 19.0 Å². The van der Waals surface area contributed by atoms with E-state index in [1.165, 1.54) is 32.1 Å². The molecule has 1 saturated carbocycles.